The second-order valence-electron chi connectivity index (χ2n) is 5.24. The fourth-order valence-electron chi connectivity index (χ4n) is 2.85. The number of hydrogen-bond donors (Lipinski definition) is 1. The summed E-state index contributed by atoms with van der Waals surface area (Å²) < 4.78 is 26.4. The molecule has 0 aromatic heterocycles. The van der Waals surface area contributed by atoms with Gasteiger partial charge in [-0.3, -0.25) is 4.90 Å². The molecule has 1 aliphatic heterocycles. The Balaban J connectivity index is 1.85. The first-order valence-corrected chi connectivity index (χ1v) is 6.65. The highest BCUT2D eigenvalue weighted by Gasteiger charge is 2.36. The van der Waals surface area contributed by atoms with Crippen LogP contribution >= 0.6 is 0 Å². The van der Waals surface area contributed by atoms with Crippen molar-refractivity contribution in [2.75, 3.05) is 26.2 Å². The van der Waals surface area contributed by atoms with Gasteiger partial charge in [0.15, 0.2) is 11.6 Å². The average Bonchev–Trinajstić information content (AvgIpc) is 3.20. The smallest absolute Gasteiger partial charge is 0.159 e. The highest BCUT2D eigenvalue weighted by Crippen LogP contribution is 2.44. The van der Waals surface area contributed by atoms with E-state index in [1.54, 1.807) is 6.07 Å². The van der Waals surface area contributed by atoms with Crippen LogP contribution in [-0.4, -0.2) is 31.1 Å². The van der Waals surface area contributed by atoms with E-state index in [2.05, 4.69) is 10.2 Å². The van der Waals surface area contributed by atoms with Gasteiger partial charge in [0.1, 0.15) is 0 Å². The molecule has 1 saturated carbocycles. The molecule has 0 unspecified atom stereocenters. The standard InChI is InChI=1S/C14H18F2N2/c15-12-4-3-11(9-13(12)16)14(10-1-2-10)18-7-5-17-6-8-18/h3-4,9-10,14,17H,1-2,5-8H2/t14-/m0/s1. The SMILES string of the molecule is Fc1ccc([C@H](C2CC2)N2CCNCC2)cc1F. The molecular weight excluding hydrogens is 234 g/mol. The lowest BCUT2D eigenvalue weighted by Crippen LogP contribution is -2.45. The summed E-state index contributed by atoms with van der Waals surface area (Å²) in [6.45, 7) is 3.93. The molecule has 0 radical (unpaired) electrons. The van der Waals surface area contributed by atoms with Crippen LogP contribution in [0.4, 0.5) is 8.78 Å². The molecule has 98 valence electrons. The molecule has 1 aromatic carbocycles. The Hall–Kier alpha value is -1.00. The summed E-state index contributed by atoms with van der Waals surface area (Å²) in [6.07, 6.45) is 2.40. The van der Waals surface area contributed by atoms with E-state index in [1.807, 2.05) is 0 Å². The summed E-state index contributed by atoms with van der Waals surface area (Å²) in [5.41, 5.74) is 0.929. The molecule has 1 heterocycles. The molecule has 18 heavy (non-hydrogen) atoms. The second-order valence-corrected chi connectivity index (χ2v) is 5.24. The van der Waals surface area contributed by atoms with Crippen molar-refractivity contribution in [1.82, 2.24) is 10.2 Å². The van der Waals surface area contributed by atoms with Gasteiger partial charge in [-0.2, -0.15) is 0 Å². The normalized spacial score (nSPS) is 23.0. The summed E-state index contributed by atoms with van der Waals surface area (Å²) in [5, 5.41) is 3.33. The van der Waals surface area contributed by atoms with E-state index < -0.39 is 11.6 Å². The summed E-state index contributed by atoms with van der Waals surface area (Å²) in [4.78, 5) is 2.40. The molecular formula is C14H18F2N2. The predicted molar refractivity (Wildman–Crippen MR) is 66.3 cm³/mol. The van der Waals surface area contributed by atoms with Gasteiger partial charge in [-0.05, 0) is 36.5 Å². The minimum absolute atomic E-state index is 0.266. The summed E-state index contributed by atoms with van der Waals surface area (Å²) in [6, 6.07) is 4.63. The lowest BCUT2D eigenvalue weighted by atomic mass is 9.99. The van der Waals surface area contributed by atoms with Crippen LogP contribution in [0.3, 0.4) is 0 Å². The Morgan fingerprint density at radius 1 is 1.11 bits per heavy atom. The quantitative estimate of drug-likeness (QED) is 0.888. The average molecular weight is 252 g/mol. The van der Waals surface area contributed by atoms with Crippen LogP contribution in [0.1, 0.15) is 24.4 Å². The van der Waals surface area contributed by atoms with Gasteiger partial charge in [-0.1, -0.05) is 6.07 Å². The lowest BCUT2D eigenvalue weighted by molar-refractivity contribution is 0.156. The molecule has 1 saturated heterocycles. The van der Waals surface area contributed by atoms with Gasteiger partial charge in [0, 0.05) is 32.2 Å². The van der Waals surface area contributed by atoms with Crippen molar-refractivity contribution >= 4 is 0 Å². The van der Waals surface area contributed by atoms with Crippen LogP contribution in [0.5, 0.6) is 0 Å². The predicted octanol–water partition coefficient (Wildman–Crippen LogP) is 2.32. The van der Waals surface area contributed by atoms with Crippen molar-refractivity contribution in [2.45, 2.75) is 18.9 Å². The Bertz CT molecular complexity index is 426. The highest BCUT2D eigenvalue weighted by molar-refractivity contribution is 5.23. The first kappa shape index (κ1) is 12.1. The minimum atomic E-state index is -0.756. The maximum Gasteiger partial charge on any atom is 0.159 e. The second kappa shape index (κ2) is 4.94. The van der Waals surface area contributed by atoms with E-state index in [4.69, 9.17) is 0 Å². The molecule has 3 rings (SSSR count). The number of hydrogen-bond acceptors (Lipinski definition) is 2. The molecule has 1 N–H and O–H groups in total. The largest absolute Gasteiger partial charge is 0.314 e. The molecule has 4 heteroatoms. The van der Waals surface area contributed by atoms with Crippen molar-refractivity contribution in [3.8, 4) is 0 Å². The number of halogens is 2. The van der Waals surface area contributed by atoms with Crippen LogP contribution in [0.2, 0.25) is 0 Å². The molecule has 1 aliphatic carbocycles. The van der Waals surface area contributed by atoms with Crippen molar-refractivity contribution in [2.24, 2.45) is 5.92 Å². The van der Waals surface area contributed by atoms with E-state index >= 15 is 0 Å². The van der Waals surface area contributed by atoms with E-state index in [9.17, 15) is 8.78 Å². The van der Waals surface area contributed by atoms with Crippen molar-refractivity contribution < 1.29 is 8.78 Å². The van der Waals surface area contributed by atoms with Gasteiger partial charge in [0.05, 0.1) is 0 Å². The molecule has 1 aromatic rings. The van der Waals surface area contributed by atoms with E-state index in [-0.39, 0.29) is 6.04 Å². The summed E-state index contributed by atoms with van der Waals surface area (Å²) >= 11 is 0. The minimum Gasteiger partial charge on any atom is -0.314 e. The van der Waals surface area contributed by atoms with Crippen LogP contribution in [0, 0.1) is 17.6 Å². The third kappa shape index (κ3) is 2.40. The van der Waals surface area contributed by atoms with Gasteiger partial charge in [-0.25, -0.2) is 8.78 Å². The van der Waals surface area contributed by atoms with E-state index in [0.717, 1.165) is 31.7 Å². The van der Waals surface area contributed by atoms with Crippen LogP contribution < -0.4 is 5.32 Å². The zero-order valence-corrected chi connectivity index (χ0v) is 10.3. The number of benzene rings is 1. The number of nitrogens with one attached hydrogen (secondary N) is 1. The molecule has 0 amide bonds. The zero-order valence-electron chi connectivity index (χ0n) is 10.3. The topological polar surface area (TPSA) is 15.3 Å². The fourth-order valence-corrected chi connectivity index (χ4v) is 2.85. The van der Waals surface area contributed by atoms with Crippen molar-refractivity contribution in [3.63, 3.8) is 0 Å². The Kier molecular flexibility index (Phi) is 3.31. The van der Waals surface area contributed by atoms with Gasteiger partial charge in [-0.15, -0.1) is 0 Å². The zero-order chi connectivity index (χ0) is 12.5. The first-order valence-electron chi connectivity index (χ1n) is 6.65. The molecule has 1 atom stereocenters. The summed E-state index contributed by atoms with van der Waals surface area (Å²) in [5.74, 6) is -0.866. The Morgan fingerprint density at radius 3 is 2.44 bits per heavy atom. The Labute approximate surface area is 106 Å². The number of nitrogens with zero attached hydrogens (tertiary/aromatic N) is 1. The van der Waals surface area contributed by atoms with Crippen molar-refractivity contribution in [1.29, 1.82) is 0 Å². The maximum absolute atomic E-state index is 13.4. The van der Waals surface area contributed by atoms with Crippen molar-refractivity contribution in [3.05, 3.63) is 35.4 Å². The molecule has 0 spiro atoms. The van der Waals surface area contributed by atoms with E-state index in [1.165, 1.54) is 25.0 Å². The van der Waals surface area contributed by atoms with Gasteiger partial charge < -0.3 is 5.32 Å². The third-order valence-corrected chi connectivity index (χ3v) is 3.90. The van der Waals surface area contributed by atoms with Gasteiger partial charge >= 0.3 is 0 Å². The van der Waals surface area contributed by atoms with E-state index in [0.29, 0.717) is 5.92 Å². The van der Waals surface area contributed by atoms with Gasteiger partial charge in [0.2, 0.25) is 0 Å². The van der Waals surface area contributed by atoms with Crippen LogP contribution in [-0.2, 0) is 0 Å². The monoisotopic (exact) mass is 252 g/mol. The molecule has 0 bridgehead atoms. The Morgan fingerprint density at radius 2 is 1.83 bits per heavy atom. The van der Waals surface area contributed by atoms with Crippen LogP contribution in [0.15, 0.2) is 18.2 Å². The first-order chi connectivity index (χ1) is 8.75. The maximum atomic E-state index is 13.4. The van der Waals surface area contributed by atoms with Gasteiger partial charge in [0.25, 0.3) is 0 Å². The number of piperazine rings is 1. The highest BCUT2D eigenvalue weighted by atomic mass is 19.2. The molecule has 2 nitrogen and oxygen atoms in total. The lowest BCUT2D eigenvalue weighted by Gasteiger charge is -2.35. The molecule has 2 fully saturated rings. The molecule has 2 aliphatic rings. The summed E-state index contributed by atoms with van der Waals surface area (Å²) in [7, 11) is 0. The third-order valence-electron chi connectivity index (χ3n) is 3.90. The van der Waals surface area contributed by atoms with Crippen LogP contribution in [0.25, 0.3) is 0 Å². The fraction of sp³-hybridized carbons (Fsp3) is 0.571. The number of rotatable bonds is 3.